The summed E-state index contributed by atoms with van der Waals surface area (Å²) in [5, 5.41) is 8.90. The first-order valence-corrected chi connectivity index (χ1v) is 8.48. The number of pyridine rings is 1. The third-order valence-corrected chi connectivity index (χ3v) is 4.45. The van der Waals surface area contributed by atoms with E-state index in [1.54, 1.807) is 30.2 Å². The number of aromatic amines is 1. The second-order valence-corrected chi connectivity index (χ2v) is 6.16. The predicted octanol–water partition coefficient (Wildman–Crippen LogP) is 4.02. The van der Waals surface area contributed by atoms with Gasteiger partial charge in [0.2, 0.25) is 0 Å². The van der Waals surface area contributed by atoms with Crippen molar-refractivity contribution in [2.75, 3.05) is 12.4 Å². The molecule has 27 heavy (non-hydrogen) atoms. The van der Waals surface area contributed by atoms with Crippen LogP contribution in [0.4, 0.5) is 11.5 Å². The maximum absolute atomic E-state index is 5.27. The minimum Gasteiger partial charge on any atom is -0.495 e. The summed E-state index contributed by atoms with van der Waals surface area (Å²) in [7, 11) is 1.62. The van der Waals surface area contributed by atoms with Crippen molar-refractivity contribution < 1.29 is 4.74 Å². The first-order chi connectivity index (χ1) is 13.3. The highest BCUT2D eigenvalue weighted by Gasteiger charge is 2.10. The van der Waals surface area contributed by atoms with Gasteiger partial charge < -0.3 is 15.0 Å². The van der Waals surface area contributed by atoms with Crippen molar-refractivity contribution in [1.29, 1.82) is 0 Å². The van der Waals surface area contributed by atoms with Gasteiger partial charge in [0, 0.05) is 46.3 Å². The molecule has 0 saturated heterocycles. The van der Waals surface area contributed by atoms with Gasteiger partial charge in [-0.2, -0.15) is 5.10 Å². The van der Waals surface area contributed by atoms with Gasteiger partial charge in [0.15, 0.2) is 5.65 Å². The number of rotatable bonds is 4. The zero-order chi connectivity index (χ0) is 18.2. The van der Waals surface area contributed by atoms with E-state index in [-0.39, 0.29) is 0 Å². The van der Waals surface area contributed by atoms with Gasteiger partial charge in [0.25, 0.3) is 0 Å². The number of aromatic nitrogens is 5. The van der Waals surface area contributed by atoms with E-state index in [1.165, 1.54) is 0 Å². The zero-order valence-electron chi connectivity index (χ0n) is 14.5. The summed E-state index contributed by atoms with van der Waals surface area (Å²) in [5.74, 6) is 1.44. The van der Waals surface area contributed by atoms with E-state index in [0.29, 0.717) is 5.75 Å². The number of H-pyrrole nitrogens is 1. The number of ether oxygens (including phenoxy) is 1. The molecule has 0 bridgehead atoms. The lowest BCUT2D eigenvalue weighted by Crippen LogP contribution is -1.97. The molecule has 0 saturated carbocycles. The van der Waals surface area contributed by atoms with Crippen LogP contribution in [0, 0.1) is 0 Å². The first kappa shape index (κ1) is 15.4. The smallest absolute Gasteiger partial charge is 0.165 e. The molecule has 0 spiro atoms. The van der Waals surface area contributed by atoms with Crippen LogP contribution in [0.5, 0.6) is 5.75 Å². The van der Waals surface area contributed by atoms with E-state index in [2.05, 4.69) is 26.4 Å². The number of hydrogen-bond acceptors (Lipinski definition) is 5. The lowest BCUT2D eigenvalue weighted by Gasteiger charge is -2.07. The number of methoxy groups -OCH3 is 1. The standard InChI is InChI=1S/C20H16N6O/c1-27-16-9-14(10-21-11-16)17-12-23-26-7-5-19(25-20(17)26)24-15-2-3-18-13(8-15)4-6-22-18/h2-12,22H,1H3,(H,24,25). The van der Waals surface area contributed by atoms with E-state index in [1.807, 2.05) is 42.7 Å². The van der Waals surface area contributed by atoms with Gasteiger partial charge in [0.05, 0.1) is 19.5 Å². The Morgan fingerprint density at radius 3 is 2.96 bits per heavy atom. The average Bonchev–Trinajstić information content (AvgIpc) is 3.34. The predicted molar refractivity (Wildman–Crippen MR) is 104 cm³/mol. The van der Waals surface area contributed by atoms with Gasteiger partial charge >= 0.3 is 0 Å². The van der Waals surface area contributed by atoms with Crippen LogP contribution in [0.2, 0.25) is 0 Å². The van der Waals surface area contributed by atoms with Crippen LogP contribution < -0.4 is 10.1 Å². The number of nitrogens with one attached hydrogen (secondary N) is 2. The van der Waals surface area contributed by atoms with E-state index in [0.717, 1.165) is 39.2 Å². The van der Waals surface area contributed by atoms with Gasteiger partial charge in [-0.3, -0.25) is 4.98 Å². The molecule has 1 aromatic carbocycles. The lowest BCUT2D eigenvalue weighted by atomic mass is 10.1. The third-order valence-electron chi connectivity index (χ3n) is 4.45. The molecule has 0 amide bonds. The van der Waals surface area contributed by atoms with Crippen LogP contribution in [-0.4, -0.2) is 31.7 Å². The number of fused-ring (bicyclic) bond motifs is 2. The average molecular weight is 356 g/mol. The van der Waals surface area contributed by atoms with Gasteiger partial charge in [-0.25, -0.2) is 9.50 Å². The highest BCUT2D eigenvalue weighted by Crippen LogP contribution is 2.27. The molecule has 0 unspecified atom stereocenters. The molecule has 7 nitrogen and oxygen atoms in total. The van der Waals surface area contributed by atoms with Crippen molar-refractivity contribution in [2.24, 2.45) is 0 Å². The second kappa shape index (κ2) is 6.14. The molecule has 5 rings (SSSR count). The lowest BCUT2D eigenvalue weighted by molar-refractivity contribution is 0.413. The Balaban J connectivity index is 1.54. The van der Waals surface area contributed by atoms with Crippen LogP contribution in [-0.2, 0) is 0 Å². The fraction of sp³-hybridized carbons (Fsp3) is 0.0500. The van der Waals surface area contributed by atoms with Crippen LogP contribution >= 0.6 is 0 Å². The van der Waals surface area contributed by atoms with Crippen molar-refractivity contribution in [3.63, 3.8) is 0 Å². The summed E-state index contributed by atoms with van der Waals surface area (Å²) in [6.45, 7) is 0. The minimum atomic E-state index is 0.695. The third kappa shape index (κ3) is 2.75. The fourth-order valence-corrected chi connectivity index (χ4v) is 3.10. The van der Waals surface area contributed by atoms with Crippen molar-refractivity contribution in [3.8, 4) is 16.9 Å². The largest absolute Gasteiger partial charge is 0.495 e. The van der Waals surface area contributed by atoms with Gasteiger partial charge in [0.1, 0.15) is 11.6 Å². The molecule has 0 fully saturated rings. The van der Waals surface area contributed by atoms with E-state index in [4.69, 9.17) is 9.72 Å². The summed E-state index contributed by atoms with van der Waals surface area (Å²) in [6.07, 6.45) is 9.05. The zero-order valence-corrected chi connectivity index (χ0v) is 14.5. The Kier molecular flexibility index (Phi) is 3.50. The Bertz CT molecular complexity index is 1260. The van der Waals surface area contributed by atoms with Gasteiger partial charge in [-0.15, -0.1) is 0 Å². The summed E-state index contributed by atoms with van der Waals surface area (Å²) < 4.78 is 7.02. The topological polar surface area (TPSA) is 80.1 Å². The molecule has 0 aliphatic carbocycles. The highest BCUT2D eigenvalue weighted by atomic mass is 16.5. The van der Waals surface area contributed by atoms with Crippen LogP contribution in [0.15, 0.2) is 67.4 Å². The number of nitrogens with zero attached hydrogens (tertiary/aromatic N) is 4. The molecule has 5 aromatic rings. The Hall–Kier alpha value is -3.87. The quantitative estimate of drug-likeness (QED) is 0.508. The number of hydrogen-bond donors (Lipinski definition) is 2. The molecule has 0 aliphatic heterocycles. The minimum absolute atomic E-state index is 0.695. The van der Waals surface area contributed by atoms with E-state index in [9.17, 15) is 0 Å². The molecule has 7 heteroatoms. The van der Waals surface area contributed by atoms with Crippen molar-refractivity contribution in [1.82, 2.24) is 24.6 Å². The van der Waals surface area contributed by atoms with Gasteiger partial charge in [-0.1, -0.05) is 0 Å². The number of anilines is 2. The maximum Gasteiger partial charge on any atom is 0.165 e. The molecule has 132 valence electrons. The molecule has 0 atom stereocenters. The van der Waals surface area contributed by atoms with E-state index >= 15 is 0 Å². The Morgan fingerprint density at radius 2 is 2.04 bits per heavy atom. The summed E-state index contributed by atoms with van der Waals surface area (Å²) in [4.78, 5) is 12.2. The molecule has 4 heterocycles. The molecular formula is C20H16N6O. The normalized spacial score (nSPS) is 11.1. The van der Waals surface area contributed by atoms with Crippen molar-refractivity contribution >= 4 is 28.1 Å². The molecule has 2 N–H and O–H groups in total. The van der Waals surface area contributed by atoms with Gasteiger partial charge in [-0.05, 0) is 36.4 Å². The second-order valence-electron chi connectivity index (χ2n) is 6.16. The highest BCUT2D eigenvalue weighted by molar-refractivity contribution is 5.84. The molecule has 0 radical (unpaired) electrons. The Morgan fingerprint density at radius 1 is 1.07 bits per heavy atom. The Labute approximate surface area is 154 Å². The van der Waals surface area contributed by atoms with Crippen molar-refractivity contribution in [2.45, 2.75) is 0 Å². The monoisotopic (exact) mass is 356 g/mol. The maximum atomic E-state index is 5.27. The summed E-state index contributed by atoms with van der Waals surface area (Å²) in [6, 6.07) is 12.0. The van der Waals surface area contributed by atoms with Crippen LogP contribution in [0.25, 0.3) is 27.7 Å². The van der Waals surface area contributed by atoms with Crippen molar-refractivity contribution in [3.05, 3.63) is 67.4 Å². The first-order valence-electron chi connectivity index (χ1n) is 8.48. The van der Waals surface area contributed by atoms with Crippen LogP contribution in [0.3, 0.4) is 0 Å². The summed E-state index contributed by atoms with van der Waals surface area (Å²) >= 11 is 0. The van der Waals surface area contributed by atoms with E-state index < -0.39 is 0 Å². The molecular weight excluding hydrogens is 340 g/mol. The molecule has 4 aromatic heterocycles. The van der Waals surface area contributed by atoms with Crippen LogP contribution in [0.1, 0.15) is 0 Å². The summed E-state index contributed by atoms with van der Waals surface area (Å²) in [5.41, 5.74) is 4.63. The fourth-order valence-electron chi connectivity index (χ4n) is 3.10. The number of benzene rings is 1. The molecule has 0 aliphatic rings. The SMILES string of the molecule is COc1cncc(-c2cnn3ccc(Nc4ccc5[nH]ccc5c4)nc23)c1.